The van der Waals surface area contributed by atoms with Gasteiger partial charge in [0.1, 0.15) is 0 Å². The maximum atomic E-state index is 12.4. The molecule has 0 aliphatic carbocycles. The van der Waals surface area contributed by atoms with Crippen molar-refractivity contribution < 1.29 is 9.59 Å². The van der Waals surface area contributed by atoms with E-state index in [4.69, 9.17) is 0 Å². The predicted molar refractivity (Wildman–Crippen MR) is 80.2 cm³/mol. The zero-order valence-electron chi connectivity index (χ0n) is 10.3. The molecule has 1 aromatic rings. The number of fused-ring (bicyclic) bond motifs is 1. The number of benzene rings is 1. The number of nitrogens with zero attached hydrogens (tertiary/aromatic N) is 1. The summed E-state index contributed by atoms with van der Waals surface area (Å²) in [6, 6.07) is 6.99. The summed E-state index contributed by atoms with van der Waals surface area (Å²) in [5, 5.41) is 0. The van der Waals surface area contributed by atoms with Crippen molar-refractivity contribution in [3.63, 3.8) is 0 Å². The molecule has 0 unspecified atom stereocenters. The molecular formula is C12H13NO2S3. The number of imide groups is 1. The number of rotatable bonds is 4. The van der Waals surface area contributed by atoms with Crippen molar-refractivity contribution in [1.82, 2.24) is 4.90 Å². The van der Waals surface area contributed by atoms with E-state index in [9.17, 15) is 9.59 Å². The summed E-state index contributed by atoms with van der Waals surface area (Å²) in [6.07, 6.45) is 5.74. The van der Waals surface area contributed by atoms with E-state index in [2.05, 4.69) is 0 Å². The first-order valence-electron chi connectivity index (χ1n) is 5.24. The van der Waals surface area contributed by atoms with Crippen LogP contribution in [0.1, 0.15) is 20.7 Å². The second kappa shape index (κ2) is 5.19. The topological polar surface area (TPSA) is 37.4 Å². The van der Waals surface area contributed by atoms with Gasteiger partial charge in [-0.05, 0) is 30.9 Å². The highest BCUT2D eigenvalue weighted by atomic mass is 32.3. The summed E-state index contributed by atoms with van der Waals surface area (Å²) < 4.78 is -0.590. The average molecular weight is 299 g/mol. The molecule has 0 bridgehead atoms. The molecule has 0 N–H and O–H groups in total. The number of hydrogen-bond donors (Lipinski definition) is 0. The lowest BCUT2D eigenvalue weighted by molar-refractivity contribution is 0.0659. The fourth-order valence-electron chi connectivity index (χ4n) is 1.96. The largest absolute Gasteiger partial charge is 0.268 e. The minimum atomic E-state index is -0.590. The van der Waals surface area contributed by atoms with Gasteiger partial charge in [0, 0.05) is 0 Å². The molecule has 1 aromatic carbocycles. The number of thioether (sulfide) groups is 3. The molecule has 0 fully saturated rings. The Kier molecular flexibility index (Phi) is 3.99. The molecule has 1 aliphatic rings. The van der Waals surface area contributed by atoms with E-state index in [-0.39, 0.29) is 11.8 Å². The van der Waals surface area contributed by atoms with Crippen molar-refractivity contribution >= 4 is 47.1 Å². The van der Waals surface area contributed by atoms with E-state index in [0.717, 1.165) is 0 Å². The van der Waals surface area contributed by atoms with Gasteiger partial charge in [0.15, 0.2) is 3.54 Å². The number of carbonyl (C=O) groups is 2. The third-order valence-electron chi connectivity index (χ3n) is 2.84. The normalized spacial score (nSPS) is 15.2. The van der Waals surface area contributed by atoms with Gasteiger partial charge in [-0.25, -0.2) is 4.90 Å². The molecule has 96 valence electrons. The molecule has 2 rings (SSSR count). The minimum absolute atomic E-state index is 0.200. The molecule has 3 nitrogen and oxygen atoms in total. The van der Waals surface area contributed by atoms with Gasteiger partial charge in [-0.1, -0.05) is 12.1 Å². The van der Waals surface area contributed by atoms with Crippen molar-refractivity contribution in [3.05, 3.63) is 35.4 Å². The number of carbonyl (C=O) groups excluding carboxylic acids is 2. The molecule has 18 heavy (non-hydrogen) atoms. The standard InChI is InChI=1S/C12H13NO2S3/c1-16-12(17-2,18-3)13-10(14)8-6-4-5-7-9(8)11(13)15/h4-7H,1-3H3. The van der Waals surface area contributed by atoms with Crippen LogP contribution in [0.3, 0.4) is 0 Å². The Bertz CT molecular complexity index is 457. The first kappa shape index (κ1) is 13.8. The Morgan fingerprint density at radius 1 is 0.889 bits per heavy atom. The van der Waals surface area contributed by atoms with E-state index in [0.29, 0.717) is 11.1 Å². The average Bonchev–Trinajstić information content (AvgIpc) is 2.67. The second-order valence-corrected chi connectivity index (χ2v) is 7.40. The maximum Gasteiger partial charge on any atom is 0.264 e. The van der Waals surface area contributed by atoms with Gasteiger partial charge in [0.05, 0.1) is 11.1 Å². The Morgan fingerprint density at radius 2 is 1.28 bits per heavy atom. The van der Waals surface area contributed by atoms with Gasteiger partial charge in [-0.2, -0.15) is 0 Å². The van der Waals surface area contributed by atoms with Crippen LogP contribution in [-0.4, -0.2) is 39.0 Å². The Balaban J connectivity index is 2.51. The quantitative estimate of drug-likeness (QED) is 0.631. The molecule has 0 spiro atoms. The second-order valence-electron chi connectivity index (χ2n) is 3.63. The van der Waals surface area contributed by atoms with Crippen LogP contribution in [0.15, 0.2) is 24.3 Å². The van der Waals surface area contributed by atoms with Crippen LogP contribution in [0.25, 0.3) is 0 Å². The highest BCUT2D eigenvalue weighted by Gasteiger charge is 2.48. The van der Waals surface area contributed by atoms with Gasteiger partial charge in [-0.15, -0.1) is 35.3 Å². The van der Waals surface area contributed by atoms with E-state index >= 15 is 0 Å². The Labute approximate surface area is 119 Å². The Hall–Kier alpha value is -0.590. The van der Waals surface area contributed by atoms with E-state index < -0.39 is 3.54 Å². The van der Waals surface area contributed by atoms with Crippen molar-refractivity contribution in [2.45, 2.75) is 3.54 Å². The first-order valence-corrected chi connectivity index (χ1v) is 8.92. The highest BCUT2D eigenvalue weighted by Crippen LogP contribution is 2.49. The monoisotopic (exact) mass is 299 g/mol. The van der Waals surface area contributed by atoms with E-state index in [1.165, 1.54) is 40.2 Å². The third-order valence-corrected chi connectivity index (χ3v) is 7.94. The molecule has 0 atom stereocenters. The van der Waals surface area contributed by atoms with Crippen LogP contribution >= 0.6 is 35.3 Å². The SMILES string of the molecule is CSC(SC)(SC)N1C(=O)c2ccccc2C1=O. The Morgan fingerprint density at radius 3 is 1.61 bits per heavy atom. The highest BCUT2D eigenvalue weighted by molar-refractivity contribution is 8.33. The van der Waals surface area contributed by atoms with Crippen molar-refractivity contribution in [2.24, 2.45) is 0 Å². The zero-order chi connectivity index (χ0) is 13.3. The van der Waals surface area contributed by atoms with Crippen molar-refractivity contribution in [1.29, 1.82) is 0 Å². The van der Waals surface area contributed by atoms with Crippen LogP contribution in [0.5, 0.6) is 0 Å². The summed E-state index contributed by atoms with van der Waals surface area (Å²) in [4.78, 5) is 26.2. The minimum Gasteiger partial charge on any atom is -0.268 e. The maximum absolute atomic E-state index is 12.4. The molecule has 0 saturated heterocycles. The molecule has 2 amide bonds. The molecule has 0 saturated carbocycles. The fourth-order valence-corrected chi connectivity index (χ4v) is 5.01. The predicted octanol–water partition coefficient (Wildman–Crippen LogP) is 2.98. The first-order chi connectivity index (χ1) is 8.61. The van der Waals surface area contributed by atoms with Gasteiger partial charge in [-0.3, -0.25) is 9.59 Å². The molecule has 0 radical (unpaired) electrons. The van der Waals surface area contributed by atoms with Crippen LogP contribution in [-0.2, 0) is 0 Å². The van der Waals surface area contributed by atoms with E-state index in [1.54, 1.807) is 24.3 Å². The molecule has 6 heteroatoms. The van der Waals surface area contributed by atoms with Crippen molar-refractivity contribution in [2.75, 3.05) is 18.8 Å². The fraction of sp³-hybridized carbons (Fsp3) is 0.333. The third kappa shape index (κ3) is 1.87. The zero-order valence-corrected chi connectivity index (χ0v) is 12.7. The van der Waals surface area contributed by atoms with Gasteiger partial charge < -0.3 is 0 Å². The van der Waals surface area contributed by atoms with Crippen LogP contribution in [0.4, 0.5) is 0 Å². The molecule has 1 aliphatic heterocycles. The summed E-state index contributed by atoms with van der Waals surface area (Å²) in [7, 11) is 0. The lowest BCUT2D eigenvalue weighted by atomic mass is 10.1. The smallest absolute Gasteiger partial charge is 0.264 e. The number of hydrogen-bond acceptors (Lipinski definition) is 5. The van der Waals surface area contributed by atoms with Gasteiger partial charge in [0.25, 0.3) is 11.8 Å². The van der Waals surface area contributed by atoms with Crippen LogP contribution in [0.2, 0.25) is 0 Å². The lowest BCUT2D eigenvalue weighted by Gasteiger charge is -2.35. The van der Waals surface area contributed by atoms with Gasteiger partial charge >= 0.3 is 0 Å². The summed E-state index contributed by atoms with van der Waals surface area (Å²) in [6.45, 7) is 0. The van der Waals surface area contributed by atoms with E-state index in [1.807, 2.05) is 18.8 Å². The number of amides is 2. The summed E-state index contributed by atoms with van der Waals surface area (Å²) in [5.41, 5.74) is 1.01. The molecule has 1 heterocycles. The van der Waals surface area contributed by atoms with Crippen LogP contribution in [0, 0.1) is 0 Å². The molecular weight excluding hydrogens is 286 g/mol. The lowest BCUT2D eigenvalue weighted by Crippen LogP contribution is -2.44. The summed E-state index contributed by atoms with van der Waals surface area (Å²) in [5.74, 6) is -0.401. The summed E-state index contributed by atoms with van der Waals surface area (Å²) >= 11 is 4.51. The van der Waals surface area contributed by atoms with Crippen molar-refractivity contribution in [3.8, 4) is 0 Å². The van der Waals surface area contributed by atoms with Gasteiger partial charge in [0.2, 0.25) is 0 Å². The molecule has 0 aromatic heterocycles. The van der Waals surface area contributed by atoms with Crippen LogP contribution < -0.4 is 0 Å².